The van der Waals surface area contributed by atoms with E-state index in [9.17, 15) is 9.59 Å². The zero-order chi connectivity index (χ0) is 16.9. The molecule has 0 bridgehead atoms. The Morgan fingerprint density at radius 2 is 2.17 bits per heavy atom. The van der Waals surface area contributed by atoms with Crippen molar-refractivity contribution in [3.63, 3.8) is 0 Å². The predicted octanol–water partition coefficient (Wildman–Crippen LogP) is 2.16. The van der Waals surface area contributed by atoms with Gasteiger partial charge in [0.2, 0.25) is 5.91 Å². The van der Waals surface area contributed by atoms with Crippen molar-refractivity contribution >= 4 is 22.9 Å². The first-order valence-corrected chi connectivity index (χ1v) is 8.44. The molecule has 2 amide bonds. The van der Waals surface area contributed by atoms with Crippen LogP contribution in [-0.2, 0) is 22.5 Å². The Morgan fingerprint density at radius 3 is 2.92 bits per heavy atom. The van der Waals surface area contributed by atoms with Gasteiger partial charge in [-0.15, -0.1) is 0 Å². The minimum absolute atomic E-state index is 0.0120. The largest absolute Gasteiger partial charge is 0.448 e. The Morgan fingerprint density at radius 1 is 1.33 bits per heavy atom. The van der Waals surface area contributed by atoms with E-state index in [1.165, 1.54) is 0 Å². The van der Waals surface area contributed by atoms with Crippen LogP contribution >= 0.6 is 0 Å². The maximum Gasteiger partial charge on any atom is 0.409 e. The Bertz CT molecular complexity index is 738. The number of aryl methyl sites for hydroxylation is 1. The number of aromatic nitrogens is 1. The van der Waals surface area contributed by atoms with Crippen LogP contribution in [0, 0.1) is 0 Å². The summed E-state index contributed by atoms with van der Waals surface area (Å²) < 4.78 is 7.04. The molecule has 1 aliphatic heterocycles. The van der Waals surface area contributed by atoms with Crippen LogP contribution in [0.4, 0.5) is 4.79 Å². The Labute approximate surface area is 141 Å². The number of rotatable bonds is 7. The zero-order valence-corrected chi connectivity index (χ0v) is 14.0. The van der Waals surface area contributed by atoms with Crippen LogP contribution in [0.1, 0.15) is 18.9 Å². The van der Waals surface area contributed by atoms with Gasteiger partial charge in [0.15, 0.2) is 0 Å². The van der Waals surface area contributed by atoms with Crippen molar-refractivity contribution in [1.29, 1.82) is 0 Å². The fourth-order valence-corrected chi connectivity index (χ4v) is 3.09. The SMILES string of the molecule is CCn1cc(CC(=O)NCCCN2CCOC2=O)c2ccccc21. The van der Waals surface area contributed by atoms with Crippen molar-refractivity contribution in [3.05, 3.63) is 36.0 Å². The molecule has 6 heteroatoms. The van der Waals surface area contributed by atoms with Crippen LogP contribution in [0.3, 0.4) is 0 Å². The van der Waals surface area contributed by atoms with Gasteiger partial charge in [-0.1, -0.05) is 18.2 Å². The number of amides is 2. The third-order valence-electron chi connectivity index (χ3n) is 4.33. The lowest BCUT2D eigenvalue weighted by molar-refractivity contribution is -0.120. The molecule has 1 aromatic carbocycles. The summed E-state index contributed by atoms with van der Waals surface area (Å²) in [4.78, 5) is 25.2. The second kappa shape index (κ2) is 7.38. The van der Waals surface area contributed by atoms with Gasteiger partial charge in [-0.25, -0.2) is 4.79 Å². The van der Waals surface area contributed by atoms with Crippen LogP contribution in [-0.4, -0.2) is 47.7 Å². The summed E-state index contributed by atoms with van der Waals surface area (Å²) in [5.41, 5.74) is 2.21. The average Bonchev–Trinajstić information content (AvgIpc) is 3.16. The van der Waals surface area contributed by atoms with E-state index in [2.05, 4.69) is 35.1 Å². The number of carbonyl (C=O) groups is 2. The van der Waals surface area contributed by atoms with Gasteiger partial charge in [0, 0.05) is 36.7 Å². The van der Waals surface area contributed by atoms with Crippen molar-refractivity contribution < 1.29 is 14.3 Å². The molecule has 1 saturated heterocycles. The van der Waals surface area contributed by atoms with Gasteiger partial charge in [-0.2, -0.15) is 0 Å². The molecule has 1 aromatic heterocycles. The topological polar surface area (TPSA) is 63.6 Å². The highest BCUT2D eigenvalue weighted by Crippen LogP contribution is 2.21. The monoisotopic (exact) mass is 329 g/mol. The summed E-state index contributed by atoms with van der Waals surface area (Å²) in [6, 6.07) is 8.15. The van der Waals surface area contributed by atoms with E-state index in [0.29, 0.717) is 32.7 Å². The fourth-order valence-electron chi connectivity index (χ4n) is 3.09. The van der Waals surface area contributed by atoms with E-state index in [4.69, 9.17) is 4.74 Å². The van der Waals surface area contributed by atoms with Gasteiger partial charge < -0.3 is 19.5 Å². The maximum atomic E-state index is 12.2. The molecule has 128 valence electrons. The lowest BCUT2D eigenvalue weighted by Gasteiger charge is -2.12. The molecule has 1 N–H and O–H groups in total. The molecule has 6 nitrogen and oxygen atoms in total. The quantitative estimate of drug-likeness (QED) is 0.792. The third kappa shape index (κ3) is 3.53. The van der Waals surface area contributed by atoms with Gasteiger partial charge in [0.1, 0.15) is 6.61 Å². The summed E-state index contributed by atoms with van der Waals surface area (Å²) in [5.74, 6) is 0.0120. The molecule has 0 aliphatic carbocycles. The van der Waals surface area contributed by atoms with E-state index in [0.717, 1.165) is 29.4 Å². The smallest absolute Gasteiger partial charge is 0.409 e. The summed E-state index contributed by atoms with van der Waals surface area (Å²) >= 11 is 0. The van der Waals surface area contributed by atoms with Gasteiger partial charge in [0.05, 0.1) is 13.0 Å². The van der Waals surface area contributed by atoms with Crippen molar-refractivity contribution in [2.75, 3.05) is 26.2 Å². The standard InChI is InChI=1S/C18H23N3O3/c1-2-20-13-14(15-6-3-4-7-16(15)20)12-17(22)19-8-5-9-21-10-11-24-18(21)23/h3-4,6-7,13H,2,5,8-12H2,1H3,(H,19,22). The molecule has 2 heterocycles. The second-order valence-corrected chi connectivity index (χ2v) is 5.94. The highest BCUT2D eigenvalue weighted by atomic mass is 16.6. The van der Waals surface area contributed by atoms with Gasteiger partial charge in [0.25, 0.3) is 0 Å². The molecule has 0 atom stereocenters. The molecule has 1 aliphatic rings. The van der Waals surface area contributed by atoms with E-state index in [-0.39, 0.29) is 12.0 Å². The Balaban J connectivity index is 1.51. The van der Waals surface area contributed by atoms with E-state index >= 15 is 0 Å². The van der Waals surface area contributed by atoms with Gasteiger partial charge in [-0.05, 0) is 25.0 Å². The Hall–Kier alpha value is -2.50. The number of ether oxygens (including phenoxy) is 1. The number of carbonyl (C=O) groups excluding carboxylic acids is 2. The first-order valence-electron chi connectivity index (χ1n) is 8.44. The minimum atomic E-state index is -0.256. The van der Waals surface area contributed by atoms with Crippen LogP contribution in [0.5, 0.6) is 0 Å². The molecule has 0 unspecified atom stereocenters. The second-order valence-electron chi connectivity index (χ2n) is 5.94. The van der Waals surface area contributed by atoms with Crippen molar-refractivity contribution in [1.82, 2.24) is 14.8 Å². The molecule has 0 spiro atoms. The molecule has 0 saturated carbocycles. The summed E-state index contributed by atoms with van der Waals surface area (Å²) in [5, 5.41) is 4.07. The molecule has 1 fully saturated rings. The van der Waals surface area contributed by atoms with Crippen LogP contribution in [0.15, 0.2) is 30.5 Å². The number of hydrogen-bond donors (Lipinski definition) is 1. The molecule has 2 aromatic rings. The lowest BCUT2D eigenvalue weighted by atomic mass is 10.1. The molecule has 0 radical (unpaired) electrons. The number of nitrogens with one attached hydrogen (secondary N) is 1. The molecular formula is C18H23N3O3. The van der Waals surface area contributed by atoms with Crippen LogP contribution in [0.2, 0.25) is 0 Å². The number of nitrogens with zero attached hydrogens (tertiary/aromatic N) is 2. The van der Waals surface area contributed by atoms with Crippen LogP contribution < -0.4 is 5.32 Å². The first-order chi connectivity index (χ1) is 11.7. The van der Waals surface area contributed by atoms with Crippen LogP contribution in [0.25, 0.3) is 10.9 Å². The number of para-hydroxylation sites is 1. The zero-order valence-electron chi connectivity index (χ0n) is 14.0. The average molecular weight is 329 g/mol. The predicted molar refractivity (Wildman–Crippen MR) is 91.9 cm³/mol. The van der Waals surface area contributed by atoms with Crippen molar-refractivity contribution in [2.24, 2.45) is 0 Å². The highest BCUT2D eigenvalue weighted by Gasteiger charge is 2.20. The molecule has 3 rings (SSSR count). The fraction of sp³-hybridized carbons (Fsp3) is 0.444. The molecule has 24 heavy (non-hydrogen) atoms. The summed E-state index contributed by atoms with van der Waals surface area (Å²) in [6.07, 6.45) is 2.91. The lowest BCUT2D eigenvalue weighted by Crippen LogP contribution is -2.31. The first kappa shape index (κ1) is 16.4. The minimum Gasteiger partial charge on any atom is -0.448 e. The summed E-state index contributed by atoms with van der Waals surface area (Å²) in [7, 11) is 0. The van der Waals surface area contributed by atoms with Gasteiger partial charge in [-0.3, -0.25) is 4.79 Å². The number of fused-ring (bicyclic) bond motifs is 1. The third-order valence-corrected chi connectivity index (χ3v) is 4.33. The normalized spacial score (nSPS) is 14.2. The van der Waals surface area contributed by atoms with Crippen molar-refractivity contribution in [3.8, 4) is 0 Å². The summed E-state index contributed by atoms with van der Waals surface area (Å²) in [6.45, 7) is 5.27. The highest BCUT2D eigenvalue weighted by molar-refractivity contribution is 5.89. The molecular weight excluding hydrogens is 306 g/mol. The maximum absolute atomic E-state index is 12.2. The Kier molecular flexibility index (Phi) is 5.03. The van der Waals surface area contributed by atoms with E-state index in [1.54, 1.807) is 4.90 Å². The number of cyclic esters (lactones) is 1. The number of benzene rings is 1. The van der Waals surface area contributed by atoms with E-state index < -0.39 is 0 Å². The van der Waals surface area contributed by atoms with Gasteiger partial charge >= 0.3 is 6.09 Å². The number of hydrogen-bond acceptors (Lipinski definition) is 3. The van der Waals surface area contributed by atoms with Crippen molar-refractivity contribution in [2.45, 2.75) is 26.3 Å². The van der Waals surface area contributed by atoms with E-state index in [1.807, 2.05) is 12.1 Å².